The van der Waals surface area contributed by atoms with E-state index in [1.54, 1.807) is 0 Å². The molecule has 6 nitrogen and oxygen atoms in total. The van der Waals surface area contributed by atoms with Gasteiger partial charge in [-0.15, -0.1) is 0 Å². The SMILES string of the molecule is CC1(C)CC[C@]2(C(=O)O)CC[C@]3(C)C(=C(CO)CC4[C@@]5(C)Cc6c(n[nH]c6N)C(C)(C)C5CC[C@]43C)[C@@H]2C1. The minimum Gasteiger partial charge on any atom is -0.481 e. The third-order valence-electron chi connectivity index (χ3n) is 13.6. The van der Waals surface area contributed by atoms with E-state index in [9.17, 15) is 15.0 Å². The van der Waals surface area contributed by atoms with Gasteiger partial charge in [0.25, 0.3) is 0 Å². The molecule has 0 saturated heterocycles. The molecule has 0 bridgehead atoms. The minimum absolute atomic E-state index is 0.00636. The van der Waals surface area contributed by atoms with Crippen LogP contribution >= 0.6 is 0 Å². The summed E-state index contributed by atoms with van der Waals surface area (Å²) in [5.74, 6) is 0.953. The first-order chi connectivity index (χ1) is 17.6. The Bertz CT molecular complexity index is 1230. The van der Waals surface area contributed by atoms with Crippen LogP contribution in [0.2, 0.25) is 0 Å². The number of carboxylic acids is 1. The molecule has 5 aliphatic carbocycles. The maximum absolute atomic E-state index is 13.0. The largest absolute Gasteiger partial charge is 0.481 e. The van der Waals surface area contributed by atoms with Crippen LogP contribution in [0.15, 0.2) is 11.1 Å². The zero-order valence-electron chi connectivity index (χ0n) is 24.6. The molecule has 2 unspecified atom stereocenters. The number of nitrogens with zero attached hydrogens (tertiary/aromatic N) is 1. The lowest BCUT2D eigenvalue weighted by molar-refractivity contribution is -0.178. The Morgan fingerprint density at radius 3 is 2.37 bits per heavy atom. The van der Waals surface area contributed by atoms with E-state index in [2.05, 4.69) is 53.6 Å². The number of allylic oxidation sites excluding steroid dienone is 1. The standard InChI is InChI=1S/C32H49N3O3/c1-27(2)10-12-32(26(37)38)13-11-31(7)23(20(32)16-27)18(17-36)14-22-29(5)15-19-24(34-35-25(19)33)28(3,4)21(29)8-9-30(22,31)6/h20-22,36H,8-17H2,1-7H3,(H,37,38)(H3,33,34,35)/t20-,21?,22?,29-,30+,31+,32-/m0/s1. The highest BCUT2D eigenvalue weighted by molar-refractivity contribution is 5.77. The van der Waals surface area contributed by atoms with Crippen molar-refractivity contribution in [2.45, 2.75) is 112 Å². The van der Waals surface area contributed by atoms with Crippen molar-refractivity contribution < 1.29 is 15.0 Å². The second-order valence-corrected chi connectivity index (χ2v) is 16.0. The van der Waals surface area contributed by atoms with Crippen LogP contribution in [0.4, 0.5) is 5.82 Å². The number of aliphatic carboxylic acids is 1. The number of aromatic amines is 1. The Hall–Kier alpha value is -1.82. The lowest BCUT2D eigenvalue weighted by atomic mass is 9.33. The monoisotopic (exact) mass is 523 g/mol. The van der Waals surface area contributed by atoms with E-state index >= 15 is 0 Å². The van der Waals surface area contributed by atoms with Crippen LogP contribution in [0, 0.1) is 44.8 Å². The molecule has 5 N–H and O–H groups in total. The molecule has 1 heterocycles. The van der Waals surface area contributed by atoms with Gasteiger partial charge in [-0.1, -0.05) is 54.0 Å². The summed E-state index contributed by atoms with van der Waals surface area (Å²) in [6.45, 7) is 16.8. The first-order valence-electron chi connectivity index (χ1n) is 15.0. The van der Waals surface area contributed by atoms with E-state index in [4.69, 9.17) is 10.8 Å². The van der Waals surface area contributed by atoms with Crippen LogP contribution < -0.4 is 5.73 Å². The first kappa shape index (κ1) is 26.4. The van der Waals surface area contributed by atoms with E-state index in [1.165, 1.54) is 11.1 Å². The molecule has 0 aliphatic heterocycles. The van der Waals surface area contributed by atoms with Crippen molar-refractivity contribution in [1.82, 2.24) is 10.2 Å². The molecule has 0 amide bonds. The zero-order valence-corrected chi connectivity index (χ0v) is 24.6. The van der Waals surface area contributed by atoms with Gasteiger partial charge in [0.15, 0.2) is 0 Å². The number of aliphatic hydroxyl groups excluding tert-OH is 1. The van der Waals surface area contributed by atoms with Gasteiger partial charge >= 0.3 is 5.97 Å². The van der Waals surface area contributed by atoms with Crippen LogP contribution in [-0.4, -0.2) is 33.0 Å². The van der Waals surface area contributed by atoms with Gasteiger partial charge in [-0.2, -0.15) is 5.10 Å². The average molecular weight is 524 g/mol. The zero-order chi connectivity index (χ0) is 27.7. The number of aliphatic hydroxyl groups is 1. The Labute approximate surface area is 228 Å². The average Bonchev–Trinajstić information content (AvgIpc) is 3.19. The third-order valence-corrected chi connectivity index (χ3v) is 13.6. The van der Waals surface area contributed by atoms with Crippen molar-refractivity contribution in [2.75, 3.05) is 12.3 Å². The molecule has 5 aliphatic rings. The number of hydrogen-bond acceptors (Lipinski definition) is 4. The number of H-pyrrole nitrogens is 1. The van der Waals surface area contributed by atoms with E-state index in [0.717, 1.165) is 69.1 Å². The van der Waals surface area contributed by atoms with Gasteiger partial charge in [-0.25, -0.2) is 0 Å². The smallest absolute Gasteiger partial charge is 0.310 e. The number of carboxylic acid groups (broad SMARTS) is 1. The fourth-order valence-corrected chi connectivity index (χ4v) is 11.5. The molecule has 7 atom stereocenters. The van der Waals surface area contributed by atoms with E-state index in [1.807, 2.05) is 0 Å². The van der Waals surface area contributed by atoms with Gasteiger partial charge in [0.2, 0.25) is 0 Å². The molecule has 1 aromatic rings. The molecule has 6 heteroatoms. The van der Waals surface area contributed by atoms with Gasteiger partial charge in [-0.3, -0.25) is 9.89 Å². The van der Waals surface area contributed by atoms with Gasteiger partial charge < -0.3 is 15.9 Å². The van der Waals surface area contributed by atoms with E-state index in [0.29, 0.717) is 17.7 Å². The summed E-state index contributed by atoms with van der Waals surface area (Å²) in [5.41, 5.74) is 10.5. The number of nitrogens with one attached hydrogen (secondary N) is 1. The number of carbonyl (C=O) groups is 1. The highest BCUT2D eigenvalue weighted by atomic mass is 16.4. The highest BCUT2D eigenvalue weighted by Crippen LogP contribution is 2.76. The summed E-state index contributed by atoms with van der Waals surface area (Å²) in [6.07, 6.45) is 8.29. The van der Waals surface area contributed by atoms with Gasteiger partial charge in [-0.05, 0) is 103 Å². The second kappa shape index (κ2) is 7.67. The Kier molecular flexibility index (Phi) is 5.33. The maximum atomic E-state index is 13.0. The summed E-state index contributed by atoms with van der Waals surface area (Å²) in [6, 6.07) is 0. The lowest BCUT2D eigenvalue weighted by Gasteiger charge is -2.71. The molecule has 6 rings (SSSR count). The molecular formula is C32H49N3O3. The molecule has 38 heavy (non-hydrogen) atoms. The fraction of sp³-hybridized carbons (Fsp3) is 0.812. The number of aromatic nitrogens is 2. The van der Waals surface area contributed by atoms with E-state index in [-0.39, 0.29) is 39.6 Å². The molecule has 3 saturated carbocycles. The first-order valence-corrected chi connectivity index (χ1v) is 15.0. The van der Waals surface area contributed by atoms with Crippen LogP contribution in [0.1, 0.15) is 111 Å². The third kappa shape index (κ3) is 2.99. The maximum Gasteiger partial charge on any atom is 0.310 e. The van der Waals surface area contributed by atoms with Crippen LogP contribution in [0.25, 0.3) is 0 Å². The van der Waals surface area contributed by atoms with Crippen LogP contribution in [0.3, 0.4) is 0 Å². The lowest BCUT2D eigenvalue weighted by Crippen LogP contribution is -2.65. The van der Waals surface area contributed by atoms with Crippen molar-refractivity contribution in [1.29, 1.82) is 0 Å². The molecule has 0 spiro atoms. The number of fused-ring (bicyclic) bond motifs is 8. The van der Waals surface area contributed by atoms with Crippen molar-refractivity contribution in [3.63, 3.8) is 0 Å². The number of nitrogens with two attached hydrogens (primary N) is 1. The van der Waals surface area contributed by atoms with E-state index < -0.39 is 11.4 Å². The van der Waals surface area contributed by atoms with Crippen LogP contribution in [0.5, 0.6) is 0 Å². The Morgan fingerprint density at radius 1 is 1.03 bits per heavy atom. The topological polar surface area (TPSA) is 112 Å². The molecule has 3 fully saturated rings. The molecule has 1 aromatic heterocycles. The Morgan fingerprint density at radius 2 is 1.71 bits per heavy atom. The van der Waals surface area contributed by atoms with Gasteiger partial charge in [0, 0.05) is 11.0 Å². The van der Waals surface area contributed by atoms with Crippen molar-refractivity contribution in [2.24, 2.45) is 44.8 Å². The Balaban J connectivity index is 1.53. The minimum atomic E-state index is -0.692. The number of anilines is 1. The van der Waals surface area contributed by atoms with Gasteiger partial charge in [0.05, 0.1) is 17.7 Å². The summed E-state index contributed by atoms with van der Waals surface area (Å²) < 4.78 is 0. The predicted octanol–water partition coefficient (Wildman–Crippen LogP) is 6.25. The molecule has 0 aromatic carbocycles. The summed E-state index contributed by atoms with van der Waals surface area (Å²) in [5, 5.41) is 29.4. The van der Waals surface area contributed by atoms with Crippen LogP contribution in [-0.2, 0) is 16.6 Å². The molecule has 0 radical (unpaired) electrons. The predicted molar refractivity (Wildman–Crippen MR) is 149 cm³/mol. The number of hydrogen-bond donors (Lipinski definition) is 4. The second-order valence-electron chi connectivity index (χ2n) is 16.0. The molecule has 210 valence electrons. The highest BCUT2D eigenvalue weighted by Gasteiger charge is 2.70. The van der Waals surface area contributed by atoms with Crippen molar-refractivity contribution in [3.05, 3.63) is 22.4 Å². The van der Waals surface area contributed by atoms with Crippen molar-refractivity contribution >= 4 is 11.8 Å². The normalized spacial score (nSPS) is 44.8. The summed E-state index contributed by atoms with van der Waals surface area (Å²) in [4.78, 5) is 13.0. The summed E-state index contributed by atoms with van der Waals surface area (Å²) in [7, 11) is 0. The number of nitrogen functional groups attached to an aromatic ring is 1. The van der Waals surface area contributed by atoms with Gasteiger partial charge in [0.1, 0.15) is 5.82 Å². The van der Waals surface area contributed by atoms with Crippen molar-refractivity contribution in [3.8, 4) is 0 Å². The number of rotatable bonds is 2. The quantitative estimate of drug-likeness (QED) is 0.342. The summed E-state index contributed by atoms with van der Waals surface area (Å²) >= 11 is 0. The fourth-order valence-electron chi connectivity index (χ4n) is 11.5. The molecular weight excluding hydrogens is 474 g/mol.